The van der Waals surface area contributed by atoms with E-state index >= 15 is 0 Å². The summed E-state index contributed by atoms with van der Waals surface area (Å²) >= 11 is 0. The van der Waals surface area contributed by atoms with Gasteiger partial charge in [0.1, 0.15) is 0 Å². The molecule has 5 heteroatoms. The SMILES string of the molecule is C=NC(CC(N)=O)C(=O)O. The average Bonchev–Trinajstić information content (AvgIpc) is 1.81. The van der Waals surface area contributed by atoms with Gasteiger partial charge in [0.15, 0.2) is 6.04 Å². The highest BCUT2D eigenvalue weighted by atomic mass is 16.4. The van der Waals surface area contributed by atoms with Crippen LogP contribution in [0.3, 0.4) is 0 Å². The van der Waals surface area contributed by atoms with Crippen LogP contribution in [0.5, 0.6) is 0 Å². The predicted molar refractivity (Wildman–Crippen MR) is 34.8 cm³/mol. The monoisotopic (exact) mass is 144 g/mol. The number of nitrogens with zero attached hydrogens (tertiary/aromatic N) is 1. The summed E-state index contributed by atoms with van der Waals surface area (Å²) in [5.41, 5.74) is 4.72. The van der Waals surface area contributed by atoms with Crippen LogP contribution in [0.25, 0.3) is 0 Å². The number of aliphatic imine (C=N–C) groups is 1. The van der Waals surface area contributed by atoms with Crippen molar-refractivity contribution in [3.63, 3.8) is 0 Å². The smallest absolute Gasteiger partial charge is 0.328 e. The van der Waals surface area contributed by atoms with Crippen molar-refractivity contribution < 1.29 is 14.7 Å². The van der Waals surface area contributed by atoms with E-state index in [0.717, 1.165) is 0 Å². The van der Waals surface area contributed by atoms with Crippen LogP contribution in [0.4, 0.5) is 0 Å². The maximum absolute atomic E-state index is 10.1. The summed E-state index contributed by atoms with van der Waals surface area (Å²) < 4.78 is 0. The molecule has 0 heterocycles. The van der Waals surface area contributed by atoms with Crippen molar-refractivity contribution in [3.8, 4) is 0 Å². The van der Waals surface area contributed by atoms with E-state index in [4.69, 9.17) is 10.8 Å². The molecule has 0 saturated carbocycles. The average molecular weight is 144 g/mol. The molecule has 0 aromatic heterocycles. The Morgan fingerprint density at radius 3 is 2.30 bits per heavy atom. The molecule has 0 spiro atoms. The second kappa shape index (κ2) is 3.60. The molecule has 3 N–H and O–H groups in total. The van der Waals surface area contributed by atoms with Crippen molar-refractivity contribution in [2.45, 2.75) is 12.5 Å². The number of hydrogen-bond donors (Lipinski definition) is 2. The number of carbonyl (C=O) groups is 2. The maximum atomic E-state index is 10.1. The lowest BCUT2D eigenvalue weighted by Crippen LogP contribution is -2.25. The molecule has 1 atom stereocenters. The van der Waals surface area contributed by atoms with Gasteiger partial charge in [-0.1, -0.05) is 0 Å². The zero-order valence-electron chi connectivity index (χ0n) is 5.28. The summed E-state index contributed by atoms with van der Waals surface area (Å²) in [7, 11) is 0. The van der Waals surface area contributed by atoms with Crippen LogP contribution in [0.1, 0.15) is 6.42 Å². The third-order valence-corrected chi connectivity index (χ3v) is 0.900. The van der Waals surface area contributed by atoms with Gasteiger partial charge in [-0.25, -0.2) is 4.79 Å². The number of aliphatic carboxylic acids is 1. The highest BCUT2D eigenvalue weighted by molar-refractivity contribution is 5.83. The van der Waals surface area contributed by atoms with E-state index in [1.54, 1.807) is 0 Å². The number of carbonyl (C=O) groups excluding carboxylic acids is 1. The fourth-order valence-electron chi connectivity index (χ4n) is 0.421. The molecule has 0 radical (unpaired) electrons. The fraction of sp³-hybridized carbons (Fsp3) is 0.400. The van der Waals surface area contributed by atoms with Crippen molar-refractivity contribution in [3.05, 3.63) is 0 Å². The van der Waals surface area contributed by atoms with Gasteiger partial charge < -0.3 is 10.8 Å². The van der Waals surface area contributed by atoms with Gasteiger partial charge in [-0.15, -0.1) is 0 Å². The lowest BCUT2D eigenvalue weighted by Gasteiger charge is -2.00. The summed E-state index contributed by atoms with van der Waals surface area (Å²) in [4.78, 5) is 23.4. The van der Waals surface area contributed by atoms with Crippen molar-refractivity contribution in [1.29, 1.82) is 0 Å². The van der Waals surface area contributed by atoms with Gasteiger partial charge in [0.05, 0.1) is 6.42 Å². The Balaban J connectivity index is 3.96. The molecular weight excluding hydrogens is 136 g/mol. The van der Waals surface area contributed by atoms with Gasteiger partial charge in [0.2, 0.25) is 5.91 Å². The van der Waals surface area contributed by atoms with Crippen LogP contribution in [0.2, 0.25) is 0 Å². The van der Waals surface area contributed by atoms with Crippen LogP contribution in [-0.2, 0) is 9.59 Å². The fourth-order valence-corrected chi connectivity index (χ4v) is 0.421. The Morgan fingerprint density at radius 2 is 2.20 bits per heavy atom. The number of primary amides is 1. The molecule has 1 amide bonds. The van der Waals surface area contributed by atoms with Crippen LogP contribution in [0, 0.1) is 0 Å². The standard InChI is InChI=1S/C5H8N2O3/c1-7-3(5(9)10)2-4(6)8/h3H,1-2H2,(H2,6,8)(H,9,10). The van der Waals surface area contributed by atoms with Crippen molar-refractivity contribution in [2.24, 2.45) is 10.7 Å². The van der Waals surface area contributed by atoms with Crippen LogP contribution >= 0.6 is 0 Å². The minimum atomic E-state index is -1.19. The summed E-state index contributed by atoms with van der Waals surface area (Å²) in [5.74, 6) is -1.88. The maximum Gasteiger partial charge on any atom is 0.328 e. The summed E-state index contributed by atoms with van der Waals surface area (Å²) in [6, 6.07) is -1.10. The first-order valence-electron chi connectivity index (χ1n) is 2.55. The molecular formula is C5H8N2O3. The Labute approximate surface area is 57.6 Å². The molecule has 1 unspecified atom stereocenters. The van der Waals surface area contributed by atoms with Crippen molar-refractivity contribution in [2.75, 3.05) is 0 Å². The largest absolute Gasteiger partial charge is 0.480 e. The van der Waals surface area contributed by atoms with E-state index in [-0.39, 0.29) is 6.42 Å². The number of carboxylic acids is 1. The molecule has 10 heavy (non-hydrogen) atoms. The minimum absolute atomic E-state index is 0.293. The molecule has 0 bridgehead atoms. The van der Waals surface area contributed by atoms with Gasteiger partial charge in [-0.2, -0.15) is 0 Å². The van der Waals surface area contributed by atoms with Crippen molar-refractivity contribution >= 4 is 18.6 Å². The highest BCUT2D eigenvalue weighted by Gasteiger charge is 2.16. The van der Waals surface area contributed by atoms with E-state index in [2.05, 4.69) is 11.7 Å². The Morgan fingerprint density at radius 1 is 1.70 bits per heavy atom. The van der Waals surface area contributed by atoms with E-state index in [1.165, 1.54) is 0 Å². The van der Waals surface area contributed by atoms with E-state index < -0.39 is 17.9 Å². The zero-order chi connectivity index (χ0) is 8.15. The van der Waals surface area contributed by atoms with Gasteiger partial charge in [-0.05, 0) is 6.72 Å². The second-order valence-corrected chi connectivity index (χ2v) is 1.71. The molecule has 0 fully saturated rings. The highest BCUT2D eigenvalue weighted by Crippen LogP contribution is 1.95. The van der Waals surface area contributed by atoms with Gasteiger partial charge in [-0.3, -0.25) is 9.79 Å². The molecule has 56 valence electrons. The normalized spacial score (nSPS) is 12.0. The Kier molecular flexibility index (Phi) is 3.10. The first-order valence-corrected chi connectivity index (χ1v) is 2.55. The third-order valence-electron chi connectivity index (χ3n) is 0.900. The number of nitrogens with two attached hydrogens (primary N) is 1. The number of amides is 1. The predicted octanol–water partition coefficient (Wildman–Crippen LogP) is -0.984. The number of hydrogen-bond acceptors (Lipinski definition) is 3. The van der Waals surface area contributed by atoms with E-state index in [1.807, 2.05) is 0 Å². The molecule has 0 saturated heterocycles. The van der Waals surface area contributed by atoms with Crippen molar-refractivity contribution in [1.82, 2.24) is 0 Å². The van der Waals surface area contributed by atoms with E-state index in [0.29, 0.717) is 0 Å². The van der Waals surface area contributed by atoms with E-state index in [9.17, 15) is 9.59 Å². The third kappa shape index (κ3) is 2.81. The number of carboxylic acid groups (broad SMARTS) is 1. The quantitative estimate of drug-likeness (QED) is 0.496. The molecule has 5 nitrogen and oxygen atoms in total. The molecule has 0 aromatic rings. The Bertz CT molecular complexity index is 166. The molecule has 0 aromatic carbocycles. The number of rotatable bonds is 4. The zero-order valence-corrected chi connectivity index (χ0v) is 5.28. The summed E-state index contributed by atoms with van der Waals surface area (Å²) in [6.07, 6.45) is -0.293. The lowest BCUT2D eigenvalue weighted by atomic mass is 10.2. The molecule has 0 aliphatic carbocycles. The van der Waals surface area contributed by atoms with Gasteiger partial charge in [0, 0.05) is 0 Å². The topological polar surface area (TPSA) is 92.8 Å². The van der Waals surface area contributed by atoms with Crippen LogP contribution in [-0.4, -0.2) is 29.7 Å². The first-order chi connectivity index (χ1) is 4.57. The molecule has 0 aliphatic rings. The van der Waals surface area contributed by atoms with Gasteiger partial charge >= 0.3 is 5.97 Å². The lowest BCUT2D eigenvalue weighted by molar-refractivity contribution is -0.140. The van der Waals surface area contributed by atoms with Crippen LogP contribution in [0.15, 0.2) is 4.99 Å². The minimum Gasteiger partial charge on any atom is -0.480 e. The first kappa shape index (κ1) is 8.61. The van der Waals surface area contributed by atoms with Gasteiger partial charge in [0.25, 0.3) is 0 Å². The van der Waals surface area contributed by atoms with Crippen LogP contribution < -0.4 is 5.73 Å². The second-order valence-electron chi connectivity index (χ2n) is 1.71. The summed E-state index contributed by atoms with van der Waals surface area (Å²) in [5, 5.41) is 8.28. The Hall–Kier alpha value is -1.39. The summed E-state index contributed by atoms with van der Waals surface area (Å²) in [6.45, 7) is 3.00. The molecule has 0 aliphatic heterocycles. The molecule has 0 rings (SSSR count).